The zero-order chi connectivity index (χ0) is 15.5. The lowest BCUT2D eigenvalue weighted by molar-refractivity contribution is -0.139. The third-order valence-corrected chi connectivity index (χ3v) is 3.15. The fourth-order valence-electron chi connectivity index (χ4n) is 1.98. The number of hydrogen-bond donors (Lipinski definition) is 2. The summed E-state index contributed by atoms with van der Waals surface area (Å²) < 4.78 is 0. The first-order valence-electron chi connectivity index (χ1n) is 7.20. The van der Waals surface area contributed by atoms with E-state index in [1.807, 2.05) is 6.08 Å². The van der Waals surface area contributed by atoms with Gasteiger partial charge in [0.1, 0.15) is 11.7 Å². The number of unbranched alkanes of at least 4 members (excludes halogenated alkanes) is 4. The number of hydrogen-bond acceptors (Lipinski definition) is 3. The van der Waals surface area contributed by atoms with Gasteiger partial charge in [-0.05, 0) is 31.4 Å². The van der Waals surface area contributed by atoms with Crippen molar-refractivity contribution in [3.05, 3.63) is 42.7 Å². The first-order valence-corrected chi connectivity index (χ1v) is 7.20. The van der Waals surface area contributed by atoms with Gasteiger partial charge in [-0.3, -0.25) is 9.78 Å². The van der Waals surface area contributed by atoms with Crippen molar-refractivity contribution in [2.24, 2.45) is 0 Å². The molecule has 0 saturated heterocycles. The number of aliphatic carboxylic acids is 1. The van der Waals surface area contributed by atoms with Gasteiger partial charge in [0.25, 0.3) is 5.91 Å². The Morgan fingerprint density at radius 3 is 2.67 bits per heavy atom. The summed E-state index contributed by atoms with van der Waals surface area (Å²) in [6.45, 7) is 3.66. The second-order valence-electron chi connectivity index (χ2n) is 4.86. The zero-order valence-electron chi connectivity index (χ0n) is 12.1. The Balaban J connectivity index is 2.38. The highest BCUT2D eigenvalue weighted by Crippen LogP contribution is 2.08. The molecule has 0 aliphatic rings. The van der Waals surface area contributed by atoms with Crippen LogP contribution in [0.2, 0.25) is 0 Å². The van der Waals surface area contributed by atoms with Crippen LogP contribution < -0.4 is 5.32 Å². The lowest BCUT2D eigenvalue weighted by Gasteiger charge is -2.14. The van der Waals surface area contributed by atoms with E-state index in [9.17, 15) is 9.59 Å². The Labute approximate surface area is 125 Å². The van der Waals surface area contributed by atoms with Crippen molar-refractivity contribution in [3.63, 3.8) is 0 Å². The lowest BCUT2D eigenvalue weighted by Crippen LogP contribution is -2.41. The minimum atomic E-state index is -1.01. The zero-order valence-corrected chi connectivity index (χ0v) is 12.1. The van der Waals surface area contributed by atoms with Crippen LogP contribution in [0.1, 0.15) is 49.0 Å². The molecule has 5 heteroatoms. The van der Waals surface area contributed by atoms with E-state index in [1.54, 1.807) is 18.2 Å². The number of carbonyl (C=O) groups excluding carboxylic acids is 1. The number of nitrogens with zero attached hydrogens (tertiary/aromatic N) is 1. The number of carboxylic acids is 1. The van der Waals surface area contributed by atoms with Crippen LogP contribution in [0.25, 0.3) is 0 Å². The van der Waals surface area contributed by atoms with Crippen LogP contribution in [-0.4, -0.2) is 28.0 Å². The molecule has 0 fully saturated rings. The van der Waals surface area contributed by atoms with E-state index in [-0.39, 0.29) is 5.69 Å². The summed E-state index contributed by atoms with van der Waals surface area (Å²) in [4.78, 5) is 27.0. The van der Waals surface area contributed by atoms with Crippen molar-refractivity contribution in [2.45, 2.75) is 44.6 Å². The first-order chi connectivity index (χ1) is 10.1. The van der Waals surface area contributed by atoms with E-state index in [1.165, 1.54) is 6.20 Å². The Bertz CT molecular complexity index is 460. The molecule has 0 radical (unpaired) electrons. The summed E-state index contributed by atoms with van der Waals surface area (Å²) >= 11 is 0. The van der Waals surface area contributed by atoms with Gasteiger partial charge in [-0.1, -0.05) is 31.4 Å². The molecule has 1 rings (SSSR count). The molecule has 0 aliphatic heterocycles. The first kappa shape index (κ1) is 16.9. The molecule has 0 spiro atoms. The molecule has 114 valence electrons. The quantitative estimate of drug-likeness (QED) is 0.513. The largest absolute Gasteiger partial charge is 0.480 e. The second-order valence-corrected chi connectivity index (χ2v) is 4.86. The third kappa shape index (κ3) is 6.70. The number of allylic oxidation sites excluding steroid dienone is 1. The molecule has 2 N–H and O–H groups in total. The second kappa shape index (κ2) is 9.69. The molecule has 1 atom stereocenters. The summed E-state index contributed by atoms with van der Waals surface area (Å²) in [5.74, 6) is -1.46. The topological polar surface area (TPSA) is 79.3 Å². The Kier molecular flexibility index (Phi) is 7.79. The number of carbonyl (C=O) groups is 2. The highest BCUT2D eigenvalue weighted by molar-refractivity contribution is 5.94. The molecule has 1 aromatic heterocycles. The minimum Gasteiger partial charge on any atom is -0.480 e. The van der Waals surface area contributed by atoms with Gasteiger partial charge in [-0.2, -0.15) is 0 Å². The SMILES string of the molecule is C=CCCCCCC[C@@H](NC(=O)c1ccccn1)C(=O)O. The van der Waals surface area contributed by atoms with Gasteiger partial charge in [0.2, 0.25) is 0 Å². The van der Waals surface area contributed by atoms with Crippen molar-refractivity contribution in [1.82, 2.24) is 10.3 Å². The summed E-state index contributed by atoms with van der Waals surface area (Å²) in [5.41, 5.74) is 0.231. The van der Waals surface area contributed by atoms with Gasteiger partial charge in [0, 0.05) is 6.20 Å². The van der Waals surface area contributed by atoms with E-state index < -0.39 is 17.9 Å². The fourth-order valence-corrected chi connectivity index (χ4v) is 1.98. The van der Waals surface area contributed by atoms with Crippen LogP contribution in [0.4, 0.5) is 0 Å². The van der Waals surface area contributed by atoms with Gasteiger partial charge in [-0.25, -0.2) is 4.79 Å². The monoisotopic (exact) mass is 290 g/mol. The van der Waals surface area contributed by atoms with Crippen molar-refractivity contribution >= 4 is 11.9 Å². The molecule has 0 saturated carbocycles. The van der Waals surface area contributed by atoms with Crippen LogP contribution in [0.5, 0.6) is 0 Å². The smallest absolute Gasteiger partial charge is 0.326 e. The van der Waals surface area contributed by atoms with Gasteiger partial charge in [0.05, 0.1) is 0 Å². The molecule has 1 aromatic rings. The maximum atomic E-state index is 11.9. The van der Waals surface area contributed by atoms with Gasteiger partial charge < -0.3 is 10.4 Å². The lowest BCUT2D eigenvalue weighted by atomic mass is 10.1. The number of nitrogens with one attached hydrogen (secondary N) is 1. The van der Waals surface area contributed by atoms with Crippen LogP contribution in [0, 0.1) is 0 Å². The average molecular weight is 290 g/mol. The molecule has 0 bridgehead atoms. The Morgan fingerprint density at radius 2 is 2.05 bits per heavy atom. The van der Waals surface area contributed by atoms with Crippen LogP contribution >= 0.6 is 0 Å². The van der Waals surface area contributed by atoms with Gasteiger partial charge in [-0.15, -0.1) is 6.58 Å². The summed E-state index contributed by atoms with van der Waals surface area (Å²) in [6.07, 6.45) is 8.65. The van der Waals surface area contributed by atoms with E-state index in [4.69, 9.17) is 5.11 Å². The Hall–Kier alpha value is -2.17. The van der Waals surface area contributed by atoms with Crippen molar-refractivity contribution in [1.29, 1.82) is 0 Å². The van der Waals surface area contributed by atoms with E-state index in [0.29, 0.717) is 6.42 Å². The number of pyridine rings is 1. The molecule has 0 aromatic carbocycles. The molecule has 0 aliphatic carbocycles. The number of carboxylic acid groups (broad SMARTS) is 1. The summed E-state index contributed by atoms with van der Waals surface area (Å²) in [6, 6.07) is 4.09. The van der Waals surface area contributed by atoms with Gasteiger partial charge >= 0.3 is 5.97 Å². The average Bonchev–Trinajstić information content (AvgIpc) is 2.50. The molecule has 5 nitrogen and oxygen atoms in total. The normalized spacial score (nSPS) is 11.6. The predicted octanol–water partition coefficient (Wildman–Crippen LogP) is 2.79. The third-order valence-electron chi connectivity index (χ3n) is 3.15. The highest BCUT2D eigenvalue weighted by atomic mass is 16.4. The minimum absolute atomic E-state index is 0.231. The number of aromatic nitrogens is 1. The van der Waals surface area contributed by atoms with E-state index in [2.05, 4.69) is 16.9 Å². The fraction of sp³-hybridized carbons (Fsp3) is 0.438. The van der Waals surface area contributed by atoms with Crippen LogP contribution in [-0.2, 0) is 4.79 Å². The van der Waals surface area contributed by atoms with Gasteiger partial charge in [0.15, 0.2) is 0 Å². The maximum Gasteiger partial charge on any atom is 0.326 e. The molecule has 0 unspecified atom stereocenters. The van der Waals surface area contributed by atoms with Crippen molar-refractivity contribution in [3.8, 4) is 0 Å². The molecule has 1 heterocycles. The summed E-state index contributed by atoms with van der Waals surface area (Å²) in [5, 5.41) is 11.7. The highest BCUT2D eigenvalue weighted by Gasteiger charge is 2.20. The van der Waals surface area contributed by atoms with Crippen molar-refractivity contribution < 1.29 is 14.7 Å². The van der Waals surface area contributed by atoms with E-state index in [0.717, 1.165) is 32.1 Å². The standard InChI is InChI=1S/C16H22N2O3/c1-2-3-4-5-6-7-11-14(16(20)21)18-15(19)13-10-8-9-12-17-13/h2,8-10,12,14H,1,3-7,11H2,(H,18,19)(H,20,21)/t14-/m1/s1. The van der Waals surface area contributed by atoms with Crippen molar-refractivity contribution in [2.75, 3.05) is 0 Å². The van der Waals surface area contributed by atoms with Crippen LogP contribution in [0.3, 0.4) is 0 Å². The predicted molar refractivity (Wildman–Crippen MR) is 81.0 cm³/mol. The van der Waals surface area contributed by atoms with Crippen LogP contribution in [0.15, 0.2) is 37.1 Å². The maximum absolute atomic E-state index is 11.9. The number of amides is 1. The Morgan fingerprint density at radius 1 is 1.29 bits per heavy atom. The molecule has 1 amide bonds. The molecular weight excluding hydrogens is 268 g/mol. The number of rotatable bonds is 10. The molecule has 21 heavy (non-hydrogen) atoms. The summed E-state index contributed by atoms with van der Waals surface area (Å²) in [7, 11) is 0. The van der Waals surface area contributed by atoms with E-state index >= 15 is 0 Å². The molecular formula is C16H22N2O3.